The summed E-state index contributed by atoms with van der Waals surface area (Å²) < 4.78 is 15.3. The zero-order valence-corrected chi connectivity index (χ0v) is 26.2. The molecule has 1 N–H and O–H groups in total. The van der Waals surface area contributed by atoms with Crippen molar-refractivity contribution < 1.29 is 18.8 Å². The lowest BCUT2D eigenvalue weighted by Crippen LogP contribution is -2.45. The van der Waals surface area contributed by atoms with Gasteiger partial charge in [0.2, 0.25) is 0 Å². The molecule has 0 spiro atoms. The van der Waals surface area contributed by atoms with Crippen molar-refractivity contribution in [1.29, 1.82) is 0 Å². The van der Waals surface area contributed by atoms with Crippen LogP contribution in [0.1, 0.15) is 57.5 Å². The molecule has 8 heteroatoms. The van der Waals surface area contributed by atoms with Gasteiger partial charge in [-0.05, 0) is 67.0 Å². The molecular formula is C29H42N2O4Si2. The van der Waals surface area contributed by atoms with E-state index >= 15 is 0 Å². The first kappa shape index (κ1) is 28.7. The maximum Gasteiger partial charge on any atom is 0.339 e. The van der Waals surface area contributed by atoms with Crippen LogP contribution in [0.4, 0.5) is 0 Å². The summed E-state index contributed by atoms with van der Waals surface area (Å²) in [5, 5.41) is 14.7. The molecular weight excluding hydrogens is 497 g/mol. The monoisotopic (exact) mass is 538 g/mol. The quantitative estimate of drug-likeness (QED) is 0.306. The molecule has 0 amide bonds. The number of carboxylic acids is 1. The lowest BCUT2D eigenvalue weighted by molar-refractivity contribution is 0.0694. The van der Waals surface area contributed by atoms with Crippen molar-refractivity contribution in [2.75, 3.05) is 0 Å². The average Bonchev–Trinajstić information content (AvgIpc) is 3.21. The van der Waals surface area contributed by atoms with Crippen LogP contribution in [0.5, 0.6) is 11.5 Å². The van der Waals surface area contributed by atoms with Gasteiger partial charge in [-0.1, -0.05) is 59.7 Å². The highest BCUT2D eigenvalue weighted by Gasteiger charge is 2.42. The maximum atomic E-state index is 12.5. The fourth-order valence-electron chi connectivity index (χ4n) is 3.45. The Morgan fingerprint density at radius 3 is 1.92 bits per heavy atom. The summed E-state index contributed by atoms with van der Waals surface area (Å²) in [6, 6.07) is 13.4. The minimum atomic E-state index is -2.32. The summed E-state index contributed by atoms with van der Waals surface area (Å²) >= 11 is 0. The number of aromatic carboxylic acids is 1. The second-order valence-electron chi connectivity index (χ2n) is 12.8. The number of hydrogen-bond donors (Lipinski definition) is 1. The number of carbonyl (C=O) groups is 1. The van der Waals surface area contributed by atoms with Gasteiger partial charge in [0.05, 0.1) is 17.6 Å². The van der Waals surface area contributed by atoms with Crippen LogP contribution in [0.3, 0.4) is 0 Å². The van der Waals surface area contributed by atoms with E-state index in [1.165, 1.54) is 0 Å². The molecule has 0 aliphatic heterocycles. The van der Waals surface area contributed by atoms with Crippen molar-refractivity contribution in [3.05, 3.63) is 59.8 Å². The molecule has 0 aliphatic rings. The summed E-state index contributed by atoms with van der Waals surface area (Å²) in [5.74, 6) is -0.0464. The van der Waals surface area contributed by atoms with Gasteiger partial charge in [-0.2, -0.15) is 5.10 Å². The number of benzene rings is 2. The third kappa shape index (κ3) is 5.85. The van der Waals surface area contributed by atoms with Crippen molar-refractivity contribution >= 4 is 22.6 Å². The molecule has 0 bridgehead atoms. The summed E-state index contributed by atoms with van der Waals surface area (Å²) in [5.41, 5.74) is 3.57. The lowest BCUT2D eigenvalue weighted by Gasteiger charge is -2.38. The van der Waals surface area contributed by atoms with E-state index in [0.29, 0.717) is 17.1 Å². The van der Waals surface area contributed by atoms with Crippen molar-refractivity contribution in [3.63, 3.8) is 0 Å². The third-order valence-corrected chi connectivity index (χ3v) is 16.6. The second kappa shape index (κ2) is 9.80. The predicted octanol–water partition coefficient (Wildman–Crippen LogP) is 8.31. The lowest BCUT2D eigenvalue weighted by atomic mass is 10.0. The van der Waals surface area contributed by atoms with Crippen LogP contribution in [0, 0.1) is 6.92 Å². The van der Waals surface area contributed by atoms with Crippen LogP contribution in [0.15, 0.2) is 48.7 Å². The minimum absolute atomic E-state index is 0.0492. The number of aromatic nitrogens is 2. The number of aryl methyl sites for hydroxylation is 1. The zero-order chi connectivity index (χ0) is 28.0. The van der Waals surface area contributed by atoms with Gasteiger partial charge in [-0.25, -0.2) is 9.48 Å². The Kier molecular flexibility index (Phi) is 7.60. The topological polar surface area (TPSA) is 73.6 Å². The number of nitrogens with zero attached hydrogens (tertiary/aromatic N) is 2. The highest BCUT2D eigenvalue weighted by molar-refractivity contribution is 6.75. The predicted molar refractivity (Wildman–Crippen MR) is 156 cm³/mol. The number of rotatable bonds is 7. The average molecular weight is 539 g/mol. The highest BCUT2D eigenvalue weighted by atomic mass is 28.4. The number of hydrogen-bond acceptors (Lipinski definition) is 4. The Bertz CT molecular complexity index is 1300. The van der Waals surface area contributed by atoms with Gasteiger partial charge >= 0.3 is 5.97 Å². The molecule has 0 radical (unpaired) electrons. The fraction of sp³-hybridized carbons (Fsp3) is 0.448. The van der Waals surface area contributed by atoms with Crippen molar-refractivity contribution in [1.82, 2.24) is 9.78 Å². The van der Waals surface area contributed by atoms with Crippen molar-refractivity contribution in [2.45, 2.75) is 84.7 Å². The van der Waals surface area contributed by atoms with Gasteiger partial charge in [0.25, 0.3) is 16.6 Å². The molecule has 2 aromatic carbocycles. The summed E-state index contributed by atoms with van der Waals surface area (Å²) in [6.45, 7) is 23.6. The largest absolute Gasteiger partial charge is 0.543 e. The molecule has 200 valence electrons. The second-order valence-corrected chi connectivity index (χ2v) is 22.2. The van der Waals surface area contributed by atoms with E-state index < -0.39 is 22.6 Å². The molecule has 1 aromatic heterocycles. The van der Waals surface area contributed by atoms with Gasteiger partial charge in [-0.3, -0.25) is 0 Å². The van der Waals surface area contributed by atoms with E-state index in [4.69, 9.17) is 8.85 Å². The van der Waals surface area contributed by atoms with E-state index in [9.17, 15) is 9.90 Å². The first-order valence-corrected chi connectivity index (χ1v) is 18.6. The normalized spacial score (nSPS) is 12.9. The number of para-hydroxylation sites is 1. The van der Waals surface area contributed by atoms with Crippen LogP contribution in [-0.4, -0.2) is 37.5 Å². The standard InChI is InChI=1S/C29H42N2O4Si2/c1-20-14-12-13-15-23(20)31-24(16-17-30-31)21-18-22(27(32)33)26(35-37(10,11)29(5,6)7)19-25(21)34-36(8,9)28(2,3)4/h12-19H,1-11H3,(H,32,33). The molecule has 37 heavy (non-hydrogen) atoms. The maximum absolute atomic E-state index is 12.5. The highest BCUT2D eigenvalue weighted by Crippen LogP contribution is 2.45. The molecule has 0 saturated carbocycles. The van der Waals surface area contributed by atoms with Crippen molar-refractivity contribution in [3.8, 4) is 28.4 Å². The fourth-order valence-corrected chi connectivity index (χ4v) is 5.50. The van der Waals surface area contributed by atoms with Crippen molar-refractivity contribution in [2.24, 2.45) is 0 Å². The third-order valence-electron chi connectivity index (χ3n) is 7.92. The van der Waals surface area contributed by atoms with Gasteiger partial charge in [0, 0.05) is 11.6 Å². The Labute approximate surface area is 223 Å². The molecule has 1 heterocycles. The molecule has 6 nitrogen and oxygen atoms in total. The Hall–Kier alpha value is -2.85. The summed E-state index contributed by atoms with van der Waals surface area (Å²) in [7, 11) is -4.60. The van der Waals surface area contributed by atoms with Gasteiger partial charge < -0.3 is 14.0 Å². The molecule has 0 fully saturated rings. The molecule has 0 aliphatic carbocycles. The smallest absolute Gasteiger partial charge is 0.339 e. The molecule has 3 rings (SSSR count). The van der Waals surface area contributed by atoms with E-state index in [0.717, 1.165) is 16.9 Å². The minimum Gasteiger partial charge on any atom is -0.543 e. The van der Waals surface area contributed by atoms with Gasteiger partial charge in [-0.15, -0.1) is 0 Å². The first-order chi connectivity index (χ1) is 16.9. The van der Waals surface area contributed by atoms with E-state index in [-0.39, 0.29) is 15.6 Å². The number of carboxylic acid groups (broad SMARTS) is 1. The summed E-state index contributed by atoms with van der Waals surface area (Å²) in [4.78, 5) is 12.5. The van der Waals surface area contributed by atoms with Crippen LogP contribution in [0.2, 0.25) is 36.3 Å². The molecule has 0 unspecified atom stereocenters. The Morgan fingerprint density at radius 1 is 0.865 bits per heavy atom. The Balaban J connectivity index is 2.32. The van der Waals surface area contributed by atoms with Crippen LogP contribution < -0.4 is 8.85 Å². The van der Waals surface area contributed by atoms with E-state index in [2.05, 4.69) is 72.8 Å². The zero-order valence-electron chi connectivity index (χ0n) is 24.2. The SMILES string of the molecule is Cc1ccccc1-n1nccc1-c1cc(C(=O)O)c(O[Si](C)(C)C(C)(C)C)cc1O[Si](C)(C)C(C)(C)C. The van der Waals surface area contributed by atoms with Gasteiger partial charge in [0.15, 0.2) is 0 Å². The van der Waals surface area contributed by atoms with Gasteiger partial charge in [0.1, 0.15) is 17.1 Å². The van der Waals surface area contributed by atoms with Crippen LogP contribution in [-0.2, 0) is 0 Å². The van der Waals surface area contributed by atoms with E-state index in [1.807, 2.05) is 41.9 Å². The summed E-state index contributed by atoms with van der Waals surface area (Å²) in [6.07, 6.45) is 1.73. The molecule has 0 saturated heterocycles. The van der Waals surface area contributed by atoms with Crippen LogP contribution >= 0.6 is 0 Å². The first-order valence-electron chi connectivity index (χ1n) is 12.8. The van der Waals surface area contributed by atoms with Crippen LogP contribution in [0.25, 0.3) is 16.9 Å². The van der Waals surface area contributed by atoms with E-state index in [1.54, 1.807) is 18.3 Å². The molecule has 3 aromatic rings. The Morgan fingerprint density at radius 2 is 1.41 bits per heavy atom. The molecule has 0 atom stereocenters.